The number of nitrogens with two attached hydrogens (primary N) is 2. The fourth-order valence-corrected chi connectivity index (χ4v) is 5.63. The van der Waals surface area contributed by atoms with Gasteiger partial charge in [0.05, 0.1) is 5.52 Å². The van der Waals surface area contributed by atoms with Crippen molar-refractivity contribution in [3.05, 3.63) is 95.3 Å². The third-order valence-corrected chi connectivity index (χ3v) is 8.06. The van der Waals surface area contributed by atoms with Gasteiger partial charge in [0.15, 0.2) is 0 Å². The third kappa shape index (κ3) is 5.43. The number of aryl methyl sites for hydroxylation is 1. The van der Waals surface area contributed by atoms with Gasteiger partial charge in [-0.05, 0) is 85.0 Å². The standard InChI is InChI=1S/C32H33N7O2/c1-20-16-25-17-23(4-7-28(25)37-29(20)33)32(41)39(19-24-8-12-35-31-27(24)9-13-36-31)18-21-2-5-26(6-3-21)38-14-10-22(11-15-38)30(34)40/h2-9,12-13,16-17,22H,10-11,14-15,18-19H2,1H3,(H2,33,37)(H2,34,40)(H,35,36). The number of H-pyrrole nitrogens is 1. The molecule has 0 bridgehead atoms. The molecule has 0 radical (unpaired) electrons. The number of hydrogen-bond acceptors (Lipinski definition) is 6. The monoisotopic (exact) mass is 547 g/mol. The van der Waals surface area contributed by atoms with Crippen molar-refractivity contribution in [2.24, 2.45) is 11.7 Å². The van der Waals surface area contributed by atoms with Crippen LogP contribution in [0.15, 0.2) is 73.1 Å². The van der Waals surface area contributed by atoms with E-state index < -0.39 is 0 Å². The molecule has 9 heteroatoms. The van der Waals surface area contributed by atoms with Gasteiger partial charge in [-0.15, -0.1) is 0 Å². The first-order chi connectivity index (χ1) is 19.9. The Morgan fingerprint density at radius 1 is 1.02 bits per heavy atom. The second-order valence-electron chi connectivity index (χ2n) is 10.8. The smallest absolute Gasteiger partial charge is 0.254 e. The highest BCUT2D eigenvalue weighted by Crippen LogP contribution is 2.26. The molecule has 208 valence electrons. The van der Waals surface area contributed by atoms with Gasteiger partial charge >= 0.3 is 0 Å². The predicted octanol–water partition coefficient (Wildman–Crippen LogP) is 4.55. The van der Waals surface area contributed by atoms with Crippen LogP contribution in [0.1, 0.15) is 39.9 Å². The number of aromatic nitrogens is 3. The molecule has 4 heterocycles. The summed E-state index contributed by atoms with van der Waals surface area (Å²) in [6, 6.07) is 19.8. The molecule has 1 aliphatic heterocycles. The first-order valence-corrected chi connectivity index (χ1v) is 13.9. The summed E-state index contributed by atoms with van der Waals surface area (Å²) >= 11 is 0. The zero-order chi connectivity index (χ0) is 28.5. The summed E-state index contributed by atoms with van der Waals surface area (Å²) in [6.07, 6.45) is 5.17. The lowest BCUT2D eigenvalue weighted by Crippen LogP contribution is -2.38. The maximum absolute atomic E-state index is 14.0. The van der Waals surface area contributed by atoms with E-state index in [2.05, 4.69) is 44.1 Å². The molecule has 1 fully saturated rings. The van der Waals surface area contributed by atoms with Gasteiger partial charge in [-0.3, -0.25) is 9.59 Å². The number of nitrogens with one attached hydrogen (secondary N) is 1. The number of nitrogen functional groups attached to an aromatic ring is 1. The van der Waals surface area contributed by atoms with E-state index in [0.29, 0.717) is 24.5 Å². The molecule has 9 nitrogen and oxygen atoms in total. The maximum Gasteiger partial charge on any atom is 0.254 e. The maximum atomic E-state index is 14.0. The fourth-order valence-electron chi connectivity index (χ4n) is 5.63. The largest absolute Gasteiger partial charge is 0.383 e. The van der Waals surface area contributed by atoms with Gasteiger partial charge in [0.25, 0.3) is 5.91 Å². The van der Waals surface area contributed by atoms with Crippen LogP contribution in [0, 0.1) is 12.8 Å². The molecule has 3 aromatic heterocycles. The van der Waals surface area contributed by atoms with Crippen LogP contribution in [0.4, 0.5) is 11.5 Å². The number of aromatic amines is 1. The Kier molecular flexibility index (Phi) is 7.01. The number of carbonyl (C=O) groups is 2. The minimum Gasteiger partial charge on any atom is -0.383 e. The molecule has 0 saturated carbocycles. The highest BCUT2D eigenvalue weighted by Gasteiger charge is 2.24. The van der Waals surface area contributed by atoms with Gasteiger partial charge in [0.2, 0.25) is 5.91 Å². The number of amides is 2. The molecule has 5 N–H and O–H groups in total. The average molecular weight is 548 g/mol. The number of piperidine rings is 1. The molecule has 2 amide bonds. The molecule has 0 aliphatic carbocycles. The zero-order valence-electron chi connectivity index (χ0n) is 23.0. The molecular formula is C32H33N7O2. The van der Waals surface area contributed by atoms with Gasteiger partial charge < -0.3 is 26.3 Å². The minimum atomic E-state index is -0.210. The van der Waals surface area contributed by atoms with E-state index in [1.54, 1.807) is 6.20 Å². The van der Waals surface area contributed by atoms with Gasteiger partial charge in [-0.25, -0.2) is 9.97 Å². The van der Waals surface area contributed by atoms with Crippen molar-refractivity contribution >= 4 is 45.3 Å². The molecule has 5 aromatic rings. The summed E-state index contributed by atoms with van der Waals surface area (Å²) in [5.41, 5.74) is 17.7. The normalized spacial score (nSPS) is 14.0. The van der Waals surface area contributed by atoms with Crippen molar-refractivity contribution in [2.45, 2.75) is 32.9 Å². The second-order valence-corrected chi connectivity index (χ2v) is 10.8. The van der Waals surface area contributed by atoms with Crippen molar-refractivity contribution in [1.29, 1.82) is 0 Å². The van der Waals surface area contributed by atoms with Crippen molar-refractivity contribution in [3.63, 3.8) is 0 Å². The Labute approximate surface area is 238 Å². The number of carbonyl (C=O) groups excluding carboxylic acids is 2. The molecule has 0 unspecified atom stereocenters. The lowest BCUT2D eigenvalue weighted by molar-refractivity contribution is -0.122. The van der Waals surface area contributed by atoms with Gasteiger partial charge in [0, 0.05) is 66.5 Å². The van der Waals surface area contributed by atoms with Crippen molar-refractivity contribution in [1.82, 2.24) is 19.9 Å². The molecular weight excluding hydrogens is 514 g/mol. The number of benzene rings is 2. The minimum absolute atomic E-state index is 0.0445. The molecule has 1 saturated heterocycles. The van der Waals surface area contributed by atoms with E-state index in [1.807, 2.05) is 54.4 Å². The second kappa shape index (κ2) is 10.9. The van der Waals surface area contributed by atoms with Crippen LogP contribution in [-0.2, 0) is 17.9 Å². The fraction of sp³-hybridized carbons (Fsp3) is 0.250. The topological polar surface area (TPSA) is 134 Å². The lowest BCUT2D eigenvalue weighted by Gasteiger charge is -2.32. The van der Waals surface area contributed by atoms with Crippen LogP contribution in [0.3, 0.4) is 0 Å². The van der Waals surface area contributed by atoms with Crippen LogP contribution in [0.25, 0.3) is 21.9 Å². The van der Waals surface area contributed by atoms with Crippen LogP contribution >= 0.6 is 0 Å². The van der Waals surface area contributed by atoms with Crippen LogP contribution < -0.4 is 16.4 Å². The molecule has 1 aliphatic rings. The third-order valence-electron chi connectivity index (χ3n) is 8.06. The van der Waals surface area contributed by atoms with E-state index >= 15 is 0 Å². The lowest BCUT2D eigenvalue weighted by atomic mass is 9.96. The van der Waals surface area contributed by atoms with Crippen LogP contribution in [0.2, 0.25) is 0 Å². The number of hydrogen-bond donors (Lipinski definition) is 3. The highest BCUT2D eigenvalue weighted by molar-refractivity contribution is 5.98. The Hall–Kier alpha value is -4.92. The Morgan fingerprint density at radius 3 is 2.56 bits per heavy atom. The SMILES string of the molecule is Cc1cc2cc(C(=O)N(Cc3ccc(N4CCC(C(N)=O)CC4)cc3)Cc3ccnc4[nH]ccc34)ccc2nc1N. The van der Waals surface area contributed by atoms with Gasteiger partial charge in [-0.1, -0.05) is 12.1 Å². The Balaban J connectivity index is 1.27. The van der Waals surface area contributed by atoms with E-state index in [1.165, 1.54) is 0 Å². The Morgan fingerprint density at radius 2 is 1.80 bits per heavy atom. The molecule has 41 heavy (non-hydrogen) atoms. The summed E-state index contributed by atoms with van der Waals surface area (Å²) in [6.45, 7) is 4.38. The van der Waals surface area contributed by atoms with Crippen LogP contribution in [-0.4, -0.2) is 44.8 Å². The number of nitrogens with zero attached hydrogens (tertiary/aromatic N) is 4. The highest BCUT2D eigenvalue weighted by atomic mass is 16.2. The molecule has 0 atom stereocenters. The van der Waals surface area contributed by atoms with Crippen LogP contribution in [0.5, 0.6) is 0 Å². The van der Waals surface area contributed by atoms with E-state index in [-0.39, 0.29) is 17.7 Å². The molecule has 6 rings (SSSR count). The predicted molar refractivity (Wildman–Crippen MR) is 161 cm³/mol. The zero-order valence-corrected chi connectivity index (χ0v) is 23.0. The van der Waals surface area contributed by atoms with E-state index in [0.717, 1.165) is 70.2 Å². The number of fused-ring (bicyclic) bond motifs is 2. The quantitative estimate of drug-likeness (QED) is 0.274. The number of anilines is 2. The number of pyridine rings is 2. The van der Waals surface area contributed by atoms with Crippen molar-refractivity contribution in [2.75, 3.05) is 23.7 Å². The van der Waals surface area contributed by atoms with E-state index in [4.69, 9.17) is 11.5 Å². The molecule has 2 aromatic carbocycles. The number of rotatable bonds is 7. The summed E-state index contributed by atoms with van der Waals surface area (Å²) in [4.78, 5) is 41.8. The van der Waals surface area contributed by atoms with Gasteiger partial charge in [0.1, 0.15) is 11.5 Å². The summed E-state index contributed by atoms with van der Waals surface area (Å²) in [5, 5.41) is 1.87. The number of primary amides is 1. The first-order valence-electron chi connectivity index (χ1n) is 13.9. The summed E-state index contributed by atoms with van der Waals surface area (Å²) in [7, 11) is 0. The summed E-state index contributed by atoms with van der Waals surface area (Å²) < 4.78 is 0. The first kappa shape index (κ1) is 26.3. The van der Waals surface area contributed by atoms with Crippen molar-refractivity contribution in [3.8, 4) is 0 Å². The Bertz CT molecular complexity index is 1740. The molecule has 0 spiro atoms. The van der Waals surface area contributed by atoms with E-state index in [9.17, 15) is 9.59 Å². The average Bonchev–Trinajstić information content (AvgIpc) is 3.47. The van der Waals surface area contributed by atoms with Crippen molar-refractivity contribution < 1.29 is 9.59 Å². The van der Waals surface area contributed by atoms with Gasteiger partial charge in [-0.2, -0.15) is 0 Å². The summed E-state index contributed by atoms with van der Waals surface area (Å²) in [5.74, 6) is 0.168.